The van der Waals surface area contributed by atoms with E-state index in [1.807, 2.05) is 11.3 Å². The molecule has 1 fully saturated rings. The van der Waals surface area contributed by atoms with E-state index < -0.39 is 0 Å². The van der Waals surface area contributed by atoms with Crippen molar-refractivity contribution in [3.8, 4) is 0 Å². The molecule has 0 amide bonds. The van der Waals surface area contributed by atoms with Crippen molar-refractivity contribution in [2.24, 2.45) is 0 Å². The van der Waals surface area contributed by atoms with E-state index in [1.165, 1.54) is 4.88 Å². The van der Waals surface area contributed by atoms with Crippen LogP contribution >= 0.6 is 11.3 Å². The molecule has 1 atom stereocenters. The van der Waals surface area contributed by atoms with E-state index in [0.717, 1.165) is 52.0 Å². The third-order valence-corrected chi connectivity index (χ3v) is 5.05. The molecule has 2 heterocycles. The van der Waals surface area contributed by atoms with E-state index in [4.69, 9.17) is 9.47 Å². The van der Waals surface area contributed by atoms with Crippen LogP contribution in [0.25, 0.3) is 0 Å². The van der Waals surface area contributed by atoms with Gasteiger partial charge in [-0.15, -0.1) is 11.3 Å². The quantitative estimate of drug-likeness (QED) is 0.799. The van der Waals surface area contributed by atoms with Crippen LogP contribution in [0.1, 0.15) is 38.0 Å². The van der Waals surface area contributed by atoms with E-state index in [-0.39, 0.29) is 5.60 Å². The smallest absolute Gasteiger partial charge is 0.0878 e. The summed E-state index contributed by atoms with van der Waals surface area (Å²) in [6.07, 6.45) is 4.27. The lowest BCUT2D eigenvalue weighted by molar-refractivity contribution is -0.127. The average Bonchev–Trinajstić information content (AvgIpc) is 2.98. The summed E-state index contributed by atoms with van der Waals surface area (Å²) < 4.78 is 11.8. The fourth-order valence-corrected chi connectivity index (χ4v) is 3.86. The zero-order valence-corrected chi connectivity index (χ0v) is 13.5. The summed E-state index contributed by atoms with van der Waals surface area (Å²) in [7, 11) is 0. The summed E-state index contributed by atoms with van der Waals surface area (Å²) in [5, 5.41) is 5.82. The molecule has 0 saturated carbocycles. The van der Waals surface area contributed by atoms with Gasteiger partial charge in [-0.25, -0.2) is 0 Å². The maximum atomic E-state index is 6.22. The summed E-state index contributed by atoms with van der Waals surface area (Å²) >= 11 is 1.85. The topological polar surface area (TPSA) is 30.5 Å². The fourth-order valence-electron chi connectivity index (χ4n) is 3.14. The molecule has 2 rings (SSSR count). The molecule has 20 heavy (non-hydrogen) atoms. The van der Waals surface area contributed by atoms with Crippen molar-refractivity contribution in [1.29, 1.82) is 0 Å². The number of ether oxygens (including phenoxy) is 2. The number of thiophene rings is 1. The minimum Gasteiger partial charge on any atom is -0.381 e. The Morgan fingerprint density at radius 1 is 1.40 bits per heavy atom. The van der Waals surface area contributed by atoms with Crippen molar-refractivity contribution in [3.05, 3.63) is 22.4 Å². The Balaban J connectivity index is 2.02. The lowest BCUT2D eigenvalue weighted by Crippen LogP contribution is -2.55. The largest absolute Gasteiger partial charge is 0.381 e. The zero-order valence-electron chi connectivity index (χ0n) is 12.7. The monoisotopic (exact) mass is 297 g/mol. The highest BCUT2D eigenvalue weighted by Crippen LogP contribution is 2.31. The number of hydrogen-bond acceptors (Lipinski definition) is 4. The molecular formula is C16H27NO2S. The zero-order chi connectivity index (χ0) is 14.3. The van der Waals surface area contributed by atoms with Crippen LogP contribution in [0, 0.1) is 0 Å². The lowest BCUT2D eigenvalue weighted by atomic mass is 9.83. The molecule has 0 aromatic carbocycles. The van der Waals surface area contributed by atoms with Gasteiger partial charge in [-0.2, -0.15) is 0 Å². The van der Waals surface area contributed by atoms with Gasteiger partial charge < -0.3 is 14.8 Å². The Morgan fingerprint density at radius 3 is 2.80 bits per heavy atom. The van der Waals surface area contributed by atoms with Crippen LogP contribution < -0.4 is 5.32 Å². The number of nitrogens with one attached hydrogen (secondary N) is 1. The predicted octanol–water partition coefficient (Wildman–Crippen LogP) is 3.24. The number of aryl methyl sites for hydroxylation is 1. The maximum absolute atomic E-state index is 6.22. The Kier molecular flexibility index (Phi) is 6.49. The molecule has 3 nitrogen and oxygen atoms in total. The molecule has 1 aliphatic rings. The molecule has 0 spiro atoms. The van der Waals surface area contributed by atoms with Crippen molar-refractivity contribution in [2.75, 3.05) is 26.4 Å². The summed E-state index contributed by atoms with van der Waals surface area (Å²) in [6, 6.07) is 4.78. The number of rotatable bonds is 8. The lowest BCUT2D eigenvalue weighted by Gasteiger charge is -2.43. The second-order valence-electron chi connectivity index (χ2n) is 5.34. The van der Waals surface area contributed by atoms with Gasteiger partial charge in [0, 0.05) is 43.6 Å². The highest BCUT2D eigenvalue weighted by Gasteiger charge is 2.40. The van der Waals surface area contributed by atoms with Crippen LogP contribution in [-0.4, -0.2) is 38.0 Å². The normalized spacial score (nSPS) is 19.9. The second kappa shape index (κ2) is 8.13. The standard InChI is InChI=1S/C16H27NO2S/c1-3-17-15(8-7-14-6-5-13-20-14)16(19-4-2)9-11-18-12-10-16/h5-6,13,15,17H,3-4,7-12H2,1-2H3. The van der Waals surface area contributed by atoms with Gasteiger partial charge in [0.2, 0.25) is 0 Å². The van der Waals surface area contributed by atoms with Crippen molar-refractivity contribution >= 4 is 11.3 Å². The minimum atomic E-state index is -0.0414. The molecule has 1 aromatic rings. The van der Waals surface area contributed by atoms with Gasteiger partial charge in [-0.3, -0.25) is 0 Å². The molecule has 1 aromatic heterocycles. The SMILES string of the molecule is CCNC(CCc1cccs1)C1(OCC)CCOCC1. The van der Waals surface area contributed by atoms with E-state index in [2.05, 4.69) is 36.7 Å². The molecule has 0 bridgehead atoms. The second-order valence-corrected chi connectivity index (χ2v) is 6.37. The fraction of sp³-hybridized carbons (Fsp3) is 0.750. The molecule has 0 radical (unpaired) electrons. The predicted molar refractivity (Wildman–Crippen MR) is 84.5 cm³/mol. The number of likely N-dealkylation sites (N-methyl/N-ethyl adjacent to an activating group) is 1. The Hall–Kier alpha value is -0.420. The van der Waals surface area contributed by atoms with Gasteiger partial charge in [-0.1, -0.05) is 13.0 Å². The van der Waals surface area contributed by atoms with E-state index in [0.29, 0.717) is 6.04 Å². The third-order valence-electron chi connectivity index (χ3n) is 4.12. The first-order valence-electron chi connectivity index (χ1n) is 7.78. The van der Waals surface area contributed by atoms with Gasteiger partial charge in [0.15, 0.2) is 0 Å². The Morgan fingerprint density at radius 2 is 2.20 bits per heavy atom. The van der Waals surface area contributed by atoms with Crippen molar-refractivity contribution in [1.82, 2.24) is 5.32 Å². The molecular weight excluding hydrogens is 270 g/mol. The van der Waals surface area contributed by atoms with Gasteiger partial charge in [0.05, 0.1) is 5.60 Å². The van der Waals surface area contributed by atoms with E-state index >= 15 is 0 Å². The Labute approximate surface area is 126 Å². The van der Waals surface area contributed by atoms with Crippen LogP contribution in [0.15, 0.2) is 17.5 Å². The van der Waals surface area contributed by atoms with E-state index in [9.17, 15) is 0 Å². The summed E-state index contributed by atoms with van der Waals surface area (Å²) in [4.78, 5) is 1.46. The van der Waals surface area contributed by atoms with Gasteiger partial charge in [0.1, 0.15) is 0 Å². The first-order valence-corrected chi connectivity index (χ1v) is 8.66. The molecule has 1 saturated heterocycles. The molecule has 1 aliphatic heterocycles. The van der Waals surface area contributed by atoms with Crippen LogP contribution in [-0.2, 0) is 15.9 Å². The average molecular weight is 297 g/mol. The highest BCUT2D eigenvalue weighted by molar-refractivity contribution is 7.09. The first-order chi connectivity index (χ1) is 9.80. The Bertz CT molecular complexity index is 355. The summed E-state index contributed by atoms with van der Waals surface area (Å²) in [6.45, 7) is 7.68. The van der Waals surface area contributed by atoms with Crippen molar-refractivity contribution in [3.63, 3.8) is 0 Å². The minimum absolute atomic E-state index is 0.0414. The van der Waals surface area contributed by atoms with Crippen molar-refractivity contribution < 1.29 is 9.47 Å². The molecule has 0 aliphatic carbocycles. The first kappa shape index (κ1) is 16.0. The van der Waals surface area contributed by atoms with Crippen LogP contribution in [0.5, 0.6) is 0 Å². The van der Waals surface area contributed by atoms with Crippen molar-refractivity contribution in [2.45, 2.75) is 51.2 Å². The number of hydrogen-bond donors (Lipinski definition) is 1. The summed E-state index contributed by atoms with van der Waals surface area (Å²) in [5.74, 6) is 0. The van der Waals surface area contributed by atoms with Gasteiger partial charge in [-0.05, 0) is 37.8 Å². The van der Waals surface area contributed by atoms with E-state index in [1.54, 1.807) is 0 Å². The third kappa shape index (κ3) is 4.04. The van der Waals surface area contributed by atoms with Crippen LogP contribution in [0.3, 0.4) is 0 Å². The van der Waals surface area contributed by atoms with Crippen LogP contribution in [0.2, 0.25) is 0 Å². The molecule has 1 unspecified atom stereocenters. The molecule has 1 N–H and O–H groups in total. The highest BCUT2D eigenvalue weighted by atomic mass is 32.1. The summed E-state index contributed by atoms with van der Waals surface area (Å²) in [5.41, 5.74) is -0.0414. The van der Waals surface area contributed by atoms with Gasteiger partial charge >= 0.3 is 0 Å². The maximum Gasteiger partial charge on any atom is 0.0878 e. The molecule has 114 valence electrons. The van der Waals surface area contributed by atoms with Gasteiger partial charge in [0.25, 0.3) is 0 Å². The molecule has 4 heteroatoms. The van der Waals surface area contributed by atoms with Crippen LogP contribution in [0.4, 0.5) is 0 Å².